The summed E-state index contributed by atoms with van der Waals surface area (Å²) in [6.45, 7) is 2.27. The molecule has 0 fully saturated rings. The van der Waals surface area contributed by atoms with Crippen molar-refractivity contribution in [3.63, 3.8) is 0 Å². The molecule has 0 aliphatic rings. The maximum atomic E-state index is 10.3. The van der Waals surface area contributed by atoms with Gasteiger partial charge in [0, 0.05) is 25.9 Å². The number of para-hydroxylation sites is 3. The maximum Gasteiger partial charge on any atom is 0.530 e. The van der Waals surface area contributed by atoms with Crippen LogP contribution in [-0.2, 0) is 24.3 Å². The van der Waals surface area contributed by atoms with Crippen LogP contribution in [0.5, 0.6) is 17.2 Å². The molecule has 3 aromatic rings. The van der Waals surface area contributed by atoms with Crippen LogP contribution in [0.1, 0.15) is 110 Å². The zero-order chi connectivity index (χ0) is 29.9. The van der Waals surface area contributed by atoms with Crippen molar-refractivity contribution in [2.75, 3.05) is 0 Å². The fourth-order valence-electron chi connectivity index (χ4n) is 4.41. The third-order valence-corrected chi connectivity index (χ3v) is 7.84. The fourth-order valence-corrected chi connectivity index (χ4v) is 5.40. The Hall–Kier alpha value is -2.42. The molecular formula is C36H51O5PZn. The van der Waals surface area contributed by atoms with Crippen LogP contribution in [0.2, 0.25) is 0 Å². The quantitative estimate of drug-likeness (QED) is 0.0660. The Morgan fingerprint density at radius 2 is 0.791 bits per heavy atom. The van der Waals surface area contributed by atoms with E-state index in [-0.39, 0.29) is 19.5 Å². The topological polar surface area (TPSA) is 65.0 Å². The summed E-state index contributed by atoms with van der Waals surface area (Å²) in [5, 5.41) is 8.52. The predicted octanol–water partition coefficient (Wildman–Crippen LogP) is 11.8. The molecule has 0 bridgehead atoms. The summed E-state index contributed by atoms with van der Waals surface area (Å²) < 4.78 is 17.5. The number of carboxylic acids is 1. The van der Waals surface area contributed by atoms with Gasteiger partial charge in [-0.05, 0) is 42.8 Å². The molecule has 5 nitrogen and oxygen atoms in total. The van der Waals surface area contributed by atoms with Crippen LogP contribution in [0.15, 0.2) is 91.0 Å². The van der Waals surface area contributed by atoms with Crippen molar-refractivity contribution < 1.29 is 43.0 Å². The minimum absolute atomic E-state index is 0. The van der Waals surface area contributed by atoms with Gasteiger partial charge in [-0.2, -0.15) is 0 Å². The summed E-state index contributed by atoms with van der Waals surface area (Å²) in [4.78, 5) is 10.3. The van der Waals surface area contributed by atoms with Gasteiger partial charge in [-0.25, -0.2) is 0 Å². The average molecular weight is 660 g/mol. The molecule has 0 unspecified atom stereocenters. The van der Waals surface area contributed by atoms with Crippen LogP contribution < -0.4 is 13.6 Å². The summed E-state index contributed by atoms with van der Waals surface area (Å²) in [5.74, 6) is 1.47. The average Bonchev–Trinajstić information content (AvgIpc) is 3.01. The van der Waals surface area contributed by atoms with E-state index in [1.165, 1.54) is 83.5 Å². The number of benzene rings is 3. The molecule has 0 aliphatic heterocycles. The SMILES string of the molecule is CCCCCCCCCCCCCCCCCC(=O)O.[Zn].c1ccc(OP(Oc2ccccc2)Oc2ccccc2)cc1. The molecule has 232 valence electrons. The maximum absolute atomic E-state index is 10.3. The van der Waals surface area contributed by atoms with Gasteiger partial charge < -0.3 is 18.7 Å². The van der Waals surface area contributed by atoms with Gasteiger partial charge in [0.15, 0.2) is 0 Å². The van der Waals surface area contributed by atoms with E-state index in [1.807, 2.05) is 91.0 Å². The van der Waals surface area contributed by atoms with Gasteiger partial charge >= 0.3 is 14.6 Å². The molecule has 0 radical (unpaired) electrons. The van der Waals surface area contributed by atoms with Crippen molar-refractivity contribution in [3.8, 4) is 17.2 Å². The third-order valence-electron chi connectivity index (χ3n) is 6.76. The van der Waals surface area contributed by atoms with Crippen molar-refractivity contribution in [1.29, 1.82) is 0 Å². The smallest absolute Gasteiger partial charge is 0.481 e. The van der Waals surface area contributed by atoms with E-state index in [9.17, 15) is 4.79 Å². The minimum Gasteiger partial charge on any atom is -0.481 e. The molecule has 3 rings (SSSR count). The normalized spacial score (nSPS) is 10.3. The molecular weight excluding hydrogens is 609 g/mol. The van der Waals surface area contributed by atoms with Gasteiger partial charge in [-0.3, -0.25) is 4.79 Å². The van der Waals surface area contributed by atoms with Crippen LogP contribution in [0, 0.1) is 0 Å². The van der Waals surface area contributed by atoms with Crippen molar-refractivity contribution in [2.45, 2.75) is 110 Å². The minimum atomic E-state index is -1.59. The molecule has 0 aromatic heterocycles. The zero-order valence-corrected chi connectivity index (χ0v) is 30.1. The summed E-state index contributed by atoms with van der Waals surface area (Å²) >= 11 is 0. The van der Waals surface area contributed by atoms with Gasteiger partial charge in [-0.15, -0.1) is 0 Å². The second kappa shape index (κ2) is 27.2. The number of carbonyl (C=O) groups is 1. The van der Waals surface area contributed by atoms with Crippen LogP contribution in [0.25, 0.3) is 0 Å². The van der Waals surface area contributed by atoms with Crippen LogP contribution in [-0.4, -0.2) is 11.1 Å². The predicted molar refractivity (Wildman–Crippen MR) is 175 cm³/mol. The Morgan fingerprint density at radius 1 is 0.512 bits per heavy atom. The van der Waals surface area contributed by atoms with Gasteiger partial charge in [0.2, 0.25) is 0 Å². The van der Waals surface area contributed by atoms with E-state index >= 15 is 0 Å². The van der Waals surface area contributed by atoms with E-state index in [0.29, 0.717) is 23.7 Å². The van der Waals surface area contributed by atoms with Crippen LogP contribution >= 0.6 is 8.60 Å². The molecule has 0 saturated carbocycles. The Labute approximate surface area is 274 Å². The van der Waals surface area contributed by atoms with Crippen molar-refractivity contribution in [1.82, 2.24) is 0 Å². The number of hydrogen-bond donors (Lipinski definition) is 1. The van der Waals surface area contributed by atoms with E-state index in [0.717, 1.165) is 12.8 Å². The summed E-state index contributed by atoms with van der Waals surface area (Å²) in [6, 6.07) is 28.5. The largest absolute Gasteiger partial charge is 0.530 e. The number of unbranched alkanes of at least 4 members (excludes halogenated alkanes) is 14. The Kier molecular flexibility index (Phi) is 24.4. The summed E-state index contributed by atoms with van der Waals surface area (Å²) in [5.41, 5.74) is 0. The number of carboxylic acid groups (broad SMARTS) is 1. The Bertz CT molecular complexity index is 925. The second-order valence-electron chi connectivity index (χ2n) is 10.5. The summed E-state index contributed by atoms with van der Waals surface area (Å²) in [6.07, 6.45) is 20.2. The summed E-state index contributed by atoms with van der Waals surface area (Å²) in [7, 11) is -1.59. The second-order valence-corrected chi connectivity index (χ2v) is 11.5. The molecule has 0 spiro atoms. The fraction of sp³-hybridized carbons (Fsp3) is 0.472. The van der Waals surface area contributed by atoms with Gasteiger partial charge in [0.25, 0.3) is 0 Å². The molecule has 0 atom stereocenters. The number of rotatable bonds is 22. The first-order chi connectivity index (χ1) is 20.7. The standard InChI is InChI=1S/C18H15O3P.C18H36O2.Zn/c1-4-10-16(11-5-1)19-22(20-17-12-6-2-7-13-17)21-18-14-8-3-9-15-18;1-2-3-4-5-6-7-8-9-10-11-12-13-14-15-16-17-18(19)20;/h1-15H;2-17H2,1H3,(H,19,20);. The molecule has 3 aromatic carbocycles. The molecule has 7 heteroatoms. The number of aliphatic carboxylic acids is 1. The van der Waals surface area contributed by atoms with E-state index < -0.39 is 14.6 Å². The number of hydrogen-bond acceptors (Lipinski definition) is 4. The zero-order valence-electron chi connectivity index (χ0n) is 26.2. The molecule has 0 saturated heterocycles. The Balaban J connectivity index is 0.000000423. The van der Waals surface area contributed by atoms with Gasteiger partial charge in [0.1, 0.15) is 17.2 Å². The Morgan fingerprint density at radius 3 is 1.07 bits per heavy atom. The molecule has 0 aliphatic carbocycles. The van der Waals surface area contributed by atoms with E-state index in [1.54, 1.807) is 0 Å². The van der Waals surface area contributed by atoms with Crippen molar-refractivity contribution in [3.05, 3.63) is 91.0 Å². The molecule has 0 heterocycles. The first-order valence-corrected chi connectivity index (χ1v) is 17.0. The monoisotopic (exact) mass is 658 g/mol. The van der Waals surface area contributed by atoms with Gasteiger partial charge in [0.05, 0.1) is 0 Å². The first kappa shape index (κ1) is 38.6. The third kappa shape index (κ3) is 21.9. The molecule has 0 amide bonds. The van der Waals surface area contributed by atoms with E-state index in [4.69, 9.17) is 18.7 Å². The van der Waals surface area contributed by atoms with Crippen molar-refractivity contribution in [2.24, 2.45) is 0 Å². The molecule has 1 N–H and O–H groups in total. The van der Waals surface area contributed by atoms with Crippen molar-refractivity contribution >= 4 is 14.6 Å². The van der Waals surface area contributed by atoms with Crippen LogP contribution in [0.4, 0.5) is 0 Å². The molecule has 43 heavy (non-hydrogen) atoms. The van der Waals surface area contributed by atoms with Gasteiger partial charge in [-0.1, -0.05) is 151 Å². The first-order valence-electron chi connectivity index (χ1n) is 15.9. The van der Waals surface area contributed by atoms with E-state index in [2.05, 4.69) is 6.92 Å². The van der Waals surface area contributed by atoms with Crippen LogP contribution in [0.3, 0.4) is 0 Å².